The molecule has 1 saturated heterocycles. The Labute approximate surface area is 127 Å². The van der Waals surface area contributed by atoms with Gasteiger partial charge in [0.2, 0.25) is 5.91 Å². The van der Waals surface area contributed by atoms with Gasteiger partial charge in [-0.2, -0.15) is 0 Å². The van der Waals surface area contributed by atoms with Gasteiger partial charge in [0.1, 0.15) is 11.7 Å². The monoisotopic (exact) mass is 286 g/mol. The molecule has 1 aliphatic carbocycles. The average Bonchev–Trinajstić information content (AvgIpc) is 3.17. The minimum atomic E-state index is -0.231. The molecule has 1 aromatic carbocycles. The van der Waals surface area contributed by atoms with E-state index in [4.69, 9.17) is 0 Å². The summed E-state index contributed by atoms with van der Waals surface area (Å²) in [6.45, 7) is 7.48. The predicted octanol–water partition coefficient (Wildman–Crippen LogP) is 3.39. The lowest BCUT2D eigenvalue weighted by Crippen LogP contribution is -2.33. The Morgan fingerprint density at radius 2 is 2.05 bits per heavy atom. The van der Waals surface area contributed by atoms with Gasteiger partial charge < -0.3 is 4.90 Å². The van der Waals surface area contributed by atoms with Gasteiger partial charge in [-0.05, 0) is 49.7 Å². The lowest BCUT2D eigenvalue weighted by Gasteiger charge is -2.26. The van der Waals surface area contributed by atoms with Gasteiger partial charge in [0.05, 0.1) is 0 Å². The maximum Gasteiger partial charge on any atom is 0.244 e. The van der Waals surface area contributed by atoms with Crippen molar-refractivity contribution in [3.63, 3.8) is 0 Å². The zero-order chi connectivity index (χ0) is 15.0. The molecule has 3 rings (SSSR count). The van der Waals surface area contributed by atoms with E-state index in [9.17, 15) is 4.79 Å². The summed E-state index contributed by atoms with van der Waals surface area (Å²) in [5.74, 6) is 1.02. The van der Waals surface area contributed by atoms with Crippen molar-refractivity contribution in [3.05, 3.63) is 35.4 Å². The molecule has 1 amide bonds. The smallest absolute Gasteiger partial charge is 0.244 e. The van der Waals surface area contributed by atoms with Crippen LogP contribution in [0.2, 0.25) is 0 Å². The average molecular weight is 286 g/mol. The molecule has 2 fully saturated rings. The fourth-order valence-corrected chi connectivity index (χ4v) is 3.32. The number of hydrogen-bond donors (Lipinski definition) is 1. The molecular formula is C18H26N2O. The van der Waals surface area contributed by atoms with Gasteiger partial charge in [0.25, 0.3) is 0 Å². The topological polar surface area (TPSA) is 32.3 Å². The Hall–Kier alpha value is -1.35. The lowest BCUT2D eigenvalue weighted by atomic mass is 10.0. The Kier molecular flexibility index (Phi) is 3.78. The second-order valence-electron chi connectivity index (χ2n) is 7.02. The van der Waals surface area contributed by atoms with Crippen LogP contribution in [-0.4, -0.2) is 22.9 Å². The van der Waals surface area contributed by atoms with E-state index in [1.807, 2.05) is 0 Å². The van der Waals surface area contributed by atoms with E-state index < -0.39 is 0 Å². The van der Waals surface area contributed by atoms with Crippen molar-refractivity contribution in [1.29, 1.82) is 0 Å². The highest BCUT2D eigenvalue weighted by molar-refractivity contribution is 5.92. The van der Waals surface area contributed by atoms with E-state index in [1.54, 1.807) is 0 Å². The first kappa shape index (κ1) is 14.6. The molecule has 0 bridgehead atoms. The zero-order valence-corrected chi connectivity index (χ0v) is 13.4. The standard InChI is InChI=1S/C18H26N2O/c1-13(2)7-6-12-20-16(15-9-5-4-8-14(15)3)19-18(10-11-18)17(20)21/h4-5,8-9,13,16,19H,6-7,10-12H2,1-3H3. The third-order valence-electron chi connectivity index (χ3n) is 4.81. The Balaban J connectivity index is 1.80. The van der Waals surface area contributed by atoms with E-state index in [0.717, 1.165) is 25.8 Å². The fourth-order valence-electron chi connectivity index (χ4n) is 3.32. The van der Waals surface area contributed by atoms with E-state index >= 15 is 0 Å². The maximum atomic E-state index is 12.7. The quantitative estimate of drug-likeness (QED) is 0.900. The molecule has 0 aromatic heterocycles. The van der Waals surface area contributed by atoms with Crippen molar-refractivity contribution < 1.29 is 4.79 Å². The Morgan fingerprint density at radius 1 is 1.33 bits per heavy atom. The van der Waals surface area contributed by atoms with Gasteiger partial charge in [-0.15, -0.1) is 0 Å². The second kappa shape index (κ2) is 5.45. The molecule has 1 saturated carbocycles. The molecule has 21 heavy (non-hydrogen) atoms. The minimum Gasteiger partial charge on any atom is -0.321 e. The number of hydrogen-bond acceptors (Lipinski definition) is 2. The molecule has 0 radical (unpaired) electrons. The summed E-state index contributed by atoms with van der Waals surface area (Å²) in [6.07, 6.45) is 4.32. The van der Waals surface area contributed by atoms with Gasteiger partial charge in [0.15, 0.2) is 0 Å². The number of nitrogens with zero attached hydrogens (tertiary/aromatic N) is 1. The number of nitrogens with one attached hydrogen (secondary N) is 1. The van der Waals surface area contributed by atoms with Crippen LogP contribution in [0.3, 0.4) is 0 Å². The van der Waals surface area contributed by atoms with E-state index in [2.05, 4.69) is 55.3 Å². The Bertz CT molecular complexity index is 534. The molecule has 2 aliphatic rings. The van der Waals surface area contributed by atoms with Crippen molar-refractivity contribution >= 4 is 5.91 Å². The number of aryl methyl sites for hydroxylation is 1. The molecule has 1 atom stereocenters. The van der Waals surface area contributed by atoms with Crippen molar-refractivity contribution in [2.24, 2.45) is 5.92 Å². The summed E-state index contributed by atoms with van der Waals surface area (Å²) in [5.41, 5.74) is 2.28. The van der Waals surface area contributed by atoms with Crippen LogP contribution in [0.25, 0.3) is 0 Å². The van der Waals surface area contributed by atoms with Crippen LogP contribution in [0.15, 0.2) is 24.3 Å². The van der Waals surface area contributed by atoms with Crippen molar-refractivity contribution in [3.8, 4) is 0 Å². The first-order valence-electron chi connectivity index (χ1n) is 8.18. The molecule has 1 spiro atoms. The summed E-state index contributed by atoms with van der Waals surface area (Å²) in [6, 6.07) is 8.41. The van der Waals surface area contributed by atoms with Gasteiger partial charge >= 0.3 is 0 Å². The van der Waals surface area contributed by atoms with Crippen molar-refractivity contribution in [2.75, 3.05) is 6.54 Å². The molecule has 1 N–H and O–H groups in total. The van der Waals surface area contributed by atoms with Crippen molar-refractivity contribution in [1.82, 2.24) is 10.2 Å². The van der Waals surface area contributed by atoms with E-state index in [0.29, 0.717) is 11.8 Å². The number of amides is 1. The highest BCUT2D eigenvalue weighted by atomic mass is 16.2. The first-order chi connectivity index (χ1) is 10.0. The zero-order valence-electron chi connectivity index (χ0n) is 13.4. The largest absolute Gasteiger partial charge is 0.321 e. The number of rotatable bonds is 5. The summed E-state index contributed by atoms with van der Waals surface area (Å²) < 4.78 is 0. The van der Waals surface area contributed by atoms with Gasteiger partial charge in [-0.1, -0.05) is 38.1 Å². The number of benzene rings is 1. The summed E-state index contributed by atoms with van der Waals surface area (Å²) >= 11 is 0. The van der Waals surface area contributed by atoms with Crippen molar-refractivity contribution in [2.45, 2.75) is 58.2 Å². The lowest BCUT2D eigenvalue weighted by molar-refractivity contribution is -0.131. The highest BCUT2D eigenvalue weighted by Crippen LogP contribution is 2.46. The molecule has 114 valence electrons. The van der Waals surface area contributed by atoms with E-state index in [-0.39, 0.29) is 11.7 Å². The number of carbonyl (C=O) groups is 1. The molecular weight excluding hydrogens is 260 g/mol. The second-order valence-corrected chi connectivity index (χ2v) is 7.02. The molecule has 1 unspecified atom stereocenters. The van der Waals surface area contributed by atoms with E-state index in [1.165, 1.54) is 17.5 Å². The summed E-state index contributed by atoms with van der Waals surface area (Å²) in [5, 5.41) is 3.61. The fraction of sp³-hybridized carbons (Fsp3) is 0.611. The third-order valence-corrected chi connectivity index (χ3v) is 4.81. The number of carbonyl (C=O) groups excluding carboxylic acids is 1. The highest BCUT2D eigenvalue weighted by Gasteiger charge is 2.59. The summed E-state index contributed by atoms with van der Waals surface area (Å²) in [7, 11) is 0. The molecule has 1 aliphatic heterocycles. The molecule has 3 heteroatoms. The van der Waals surface area contributed by atoms with Gasteiger partial charge in [0, 0.05) is 6.54 Å². The van der Waals surface area contributed by atoms with Crippen LogP contribution in [-0.2, 0) is 4.79 Å². The maximum absolute atomic E-state index is 12.7. The first-order valence-corrected chi connectivity index (χ1v) is 8.18. The van der Waals surface area contributed by atoms with Crippen LogP contribution < -0.4 is 5.32 Å². The Morgan fingerprint density at radius 3 is 2.67 bits per heavy atom. The van der Waals surface area contributed by atoms with Crippen LogP contribution in [0.1, 0.15) is 56.8 Å². The van der Waals surface area contributed by atoms with Crippen LogP contribution in [0.4, 0.5) is 0 Å². The van der Waals surface area contributed by atoms with Crippen LogP contribution >= 0.6 is 0 Å². The molecule has 3 nitrogen and oxygen atoms in total. The summed E-state index contributed by atoms with van der Waals surface area (Å²) in [4.78, 5) is 14.8. The normalized spacial score (nSPS) is 23.3. The van der Waals surface area contributed by atoms with Gasteiger partial charge in [-0.25, -0.2) is 0 Å². The van der Waals surface area contributed by atoms with Gasteiger partial charge in [-0.3, -0.25) is 10.1 Å². The molecule has 1 aromatic rings. The minimum absolute atomic E-state index is 0.0633. The predicted molar refractivity (Wildman–Crippen MR) is 84.8 cm³/mol. The third kappa shape index (κ3) is 2.71. The van der Waals surface area contributed by atoms with Crippen LogP contribution in [0.5, 0.6) is 0 Å². The van der Waals surface area contributed by atoms with Crippen LogP contribution in [0, 0.1) is 12.8 Å². The SMILES string of the molecule is Cc1ccccc1C1NC2(CC2)C(=O)N1CCCC(C)C. The molecule has 1 heterocycles.